The highest BCUT2D eigenvalue weighted by atomic mass is 79.9. The molecule has 0 aliphatic carbocycles. The number of carbonyl (C=O) groups excluding carboxylic acids is 1. The van der Waals surface area contributed by atoms with Crippen LogP contribution in [0.5, 0.6) is 0 Å². The van der Waals surface area contributed by atoms with Crippen molar-refractivity contribution in [2.45, 2.75) is 18.4 Å². The van der Waals surface area contributed by atoms with Crippen LogP contribution < -0.4 is 27.1 Å². The highest BCUT2D eigenvalue weighted by Crippen LogP contribution is 2.18. The van der Waals surface area contributed by atoms with Crippen LogP contribution in [0, 0.1) is 6.92 Å². The number of aromatic nitrogens is 1. The fourth-order valence-electron chi connectivity index (χ4n) is 2.34. The van der Waals surface area contributed by atoms with E-state index in [4.69, 9.17) is 16.3 Å². The van der Waals surface area contributed by atoms with Gasteiger partial charge in [0.1, 0.15) is 18.8 Å². The minimum atomic E-state index is -3.99. The van der Waals surface area contributed by atoms with Gasteiger partial charge in [-0.3, -0.25) is 14.3 Å². The van der Waals surface area contributed by atoms with Crippen LogP contribution in [0.3, 0.4) is 0 Å². The van der Waals surface area contributed by atoms with Crippen molar-refractivity contribution in [3.8, 4) is 0 Å². The van der Waals surface area contributed by atoms with Gasteiger partial charge in [-0.2, -0.15) is 0 Å². The Bertz CT molecular complexity index is 1110. The second kappa shape index (κ2) is 10.1. The fraction of sp³-hybridized carbons (Fsp3) is 0.235. The molecule has 11 nitrogen and oxygen atoms in total. The molecule has 0 bridgehead atoms. The predicted molar refractivity (Wildman–Crippen MR) is 115 cm³/mol. The number of guanidine groups is 1. The van der Waals surface area contributed by atoms with Gasteiger partial charge >= 0.3 is 0 Å². The van der Waals surface area contributed by atoms with Crippen LogP contribution in [0.25, 0.3) is 0 Å². The number of nitrogens with one attached hydrogen (secondary N) is 2. The van der Waals surface area contributed by atoms with Crippen molar-refractivity contribution in [1.29, 1.82) is 0 Å². The lowest BCUT2D eigenvalue weighted by atomic mass is 10.3. The van der Waals surface area contributed by atoms with Crippen LogP contribution in [-0.2, 0) is 26.2 Å². The van der Waals surface area contributed by atoms with Crippen molar-refractivity contribution in [3.63, 3.8) is 0 Å². The molecule has 0 aliphatic rings. The molecule has 30 heavy (non-hydrogen) atoms. The fourth-order valence-corrected chi connectivity index (χ4v) is 3.99. The van der Waals surface area contributed by atoms with Gasteiger partial charge in [-0.05, 0) is 42.4 Å². The third-order valence-electron chi connectivity index (χ3n) is 3.73. The summed E-state index contributed by atoms with van der Waals surface area (Å²) in [4.78, 5) is 29.6. The molecule has 0 spiro atoms. The summed E-state index contributed by atoms with van der Waals surface area (Å²) in [6.07, 6.45) is 0. The number of hydrogen-bond donors (Lipinski definition) is 4. The van der Waals surface area contributed by atoms with Gasteiger partial charge in [0.05, 0.1) is 11.4 Å². The largest absolute Gasteiger partial charge is 0.391 e. The molecule has 1 aromatic heterocycles. The van der Waals surface area contributed by atoms with Gasteiger partial charge in [-0.15, -0.1) is 0 Å². The zero-order chi connectivity index (χ0) is 22.3. The summed E-state index contributed by atoms with van der Waals surface area (Å²) in [5, 5.41) is 5.85. The smallest absolute Gasteiger partial charge is 0.275 e. The maximum atomic E-state index is 12.7. The number of amides is 1. The normalized spacial score (nSPS) is 10.9. The molecule has 0 saturated carbocycles. The van der Waals surface area contributed by atoms with E-state index in [0.717, 1.165) is 4.57 Å². The van der Waals surface area contributed by atoms with Crippen molar-refractivity contribution >= 4 is 43.5 Å². The summed E-state index contributed by atoms with van der Waals surface area (Å²) in [5.41, 5.74) is 9.85. The SMILES string of the molecule is Cc1ccc(NS(=O)(=O)c2cccc(Br)c2)c(=O)n1CC(=O)NCCON=C(N)N. The maximum absolute atomic E-state index is 12.7. The van der Waals surface area contributed by atoms with E-state index < -0.39 is 21.5 Å². The van der Waals surface area contributed by atoms with Gasteiger partial charge in [0, 0.05) is 10.2 Å². The molecule has 0 saturated heterocycles. The van der Waals surface area contributed by atoms with E-state index in [1.165, 1.54) is 24.3 Å². The number of benzene rings is 1. The van der Waals surface area contributed by atoms with Gasteiger partial charge in [-0.25, -0.2) is 8.42 Å². The summed E-state index contributed by atoms with van der Waals surface area (Å²) in [6.45, 7) is 1.46. The molecule has 2 aromatic rings. The molecule has 1 heterocycles. The molecule has 162 valence electrons. The Morgan fingerprint density at radius 2 is 2.00 bits per heavy atom. The van der Waals surface area contributed by atoms with Gasteiger partial charge in [0.2, 0.25) is 11.9 Å². The van der Waals surface area contributed by atoms with Gasteiger partial charge in [0.25, 0.3) is 15.6 Å². The van der Waals surface area contributed by atoms with E-state index in [-0.39, 0.29) is 36.2 Å². The molecule has 0 fully saturated rings. The molecule has 6 N–H and O–H groups in total. The Balaban J connectivity index is 2.12. The van der Waals surface area contributed by atoms with Crippen molar-refractivity contribution < 1.29 is 18.0 Å². The van der Waals surface area contributed by atoms with Crippen LogP contribution >= 0.6 is 15.9 Å². The van der Waals surface area contributed by atoms with Crippen molar-refractivity contribution in [2.75, 3.05) is 17.9 Å². The number of nitrogens with zero attached hydrogens (tertiary/aromatic N) is 2. The van der Waals surface area contributed by atoms with E-state index in [2.05, 4.69) is 31.1 Å². The second-order valence-electron chi connectivity index (χ2n) is 6.04. The van der Waals surface area contributed by atoms with Crippen LogP contribution in [0.4, 0.5) is 5.69 Å². The monoisotopic (exact) mass is 500 g/mol. The Morgan fingerprint density at radius 3 is 2.67 bits per heavy atom. The zero-order valence-corrected chi connectivity index (χ0v) is 18.4. The predicted octanol–water partition coefficient (Wildman–Crippen LogP) is 0.0412. The quantitative estimate of drug-likeness (QED) is 0.163. The number of anilines is 1. The van der Waals surface area contributed by atoms with Crippen LogP contribution in [-0.4, -0.2) is 38.0 Å². The minimum Gasteiger partial charge on any atom is -0.391 e. The molecule has 1 amide bonds. The third-order valence-corrected chi connectivity index (χ3v) is 5.59. The lowest BCUT2D eigenvalue weighted by Crippen LogP contribution is -2.36. The Hall–Kier alpha value is -3.06. The number of pyridine rings is 1. The number of sulfonamides is 1. The molecule has 2 rings (SSSR count). The third kappa shape index (κ3) is 6.49. The number of nitrogens with two attached hydrogens (primary N) is 2. The average Bonchev–Trinajstić information content (AvgIpc) is 2.67. The minimum absolute atomic E-state index is 0.0121. The highest BCUT2D eigenvalue weighted by molar-refractivity contribution is 9.10. The number of oxime groups is 1. The van der Waals surface area contributed by atoms with Crippen molar-refractivity contribution in [3.05, 3.63) is 56.9 Å². The first kappa shape index (κ1) is 23.2. The molecular formula is C17H21BrN6O5S. The van der Waals surface area contributed by atoms with Crippen LogP contribution in [0.15, 0.2) is 55.7 Å². The molecular weight excluding hydrogens is 480 g/mol. The summed E-state index contributed by atoms with van der Waals surface area (Å²) in [6, 6.07) is 8.94. The summed E-state index contributed by atoms with van der Waals surface area (Å²) in [5.74, 6) is -0.717. The first-order valence-corrected chi connectivity index (χ1v) is 10.8. The Kier molecular flexibility index (Phi) is 7.83. The summed E-state index contributed by atoms with van der Waals surface area (Å²) < 4.78 is 29.2. The van der Waals surface area contributed by atoms with Gasteiger partial charge in [0.15, 0.2) is 0 Å². The zero-order valence-electron chi connectivity index (χ0n) is 16.0. The second-order valence-corrected chi connectivity index (χ2v) is 8.64. The van der Waals surface area contributed by atoms with E-state index in [0.29, 0.717) is 10.2 Å². The highest BCUT2D eigenvalue weighted by Gasteiger charge is 2.18. The molecule has 0 unspecified atom stereocenters. The molecule has 1 aromatic carbocycles. The number of halogens is 1. The van der Waals surface area contributed by atoms with Gasteiger partial charge in [-0.1, -0.05) is 22.0 Å². The topological polar surface area (TPSA) is 171 Å². The summed E-state index contributed by atoms with van der Waals surface area (Å²) in [7, 11) is -3.99. The lowest BCUT2D eigenvalue weighted by molar-refractivity contribution is -0.122. The van der Waals surface area contributed by atoms with E-state index in [1.54, 1.807) is 19.1 Å². The van der Waals surface area contributed by atoms with Gasteiger partial charge < -0.3 is 26.2 Å². The number of aryl methyl sites for hydroxylation is 1. The number of rotatable bonds is 9. The Labute approximate surface area is 181 Å². The molecule has 0 aliphatic heterocycles. The maximum Gasteiger partial charge on any atom is 0.275 e. The molecule has 13 heteroatoms. The molecule has 0 radical (unpaired) electrons. The lowest BCUT2D eigenvalue weighted by Gasteiger charge is -2.13. The number of carbonyl (C=O) groups is 1. The first-order chi connectivity index (χ1) is 14.1. The first-order valence-electron chi connectivity index (χ1n) is 8.56. The Morgan fingerprint density at radius 1 is 1.27 bits per heavy atom. The van der Waals surface area contributed by atoms with Crippen LogP contribution in [0.2, 0.25) is 0 Å². The van der Waals surface area contributed by atoms with E-state index >= 15 is 0 Å². The molecule has 0 atom stereocenters. The standard InChI is InChI=1S/C17H21BrN6O5S/c1-11-5-6-14(23-30(27,28)13-4-2-3-12(18)9-13)16(26)24(11)10-15(25)21-7-8-29-22-17(19)20/h2-6,9,23H,7-8,10H2,1H3,(H,21,25)(H4,19,20,22). The van der Waals surface area contributed by atoms with Crippen molar-refractivity contribution in [1.82, 2.24) is 9.88 Å². The van der Waals surface area contributed by atoms with E-state index in [1.807, 2.05) is 0 Å². The van der Waals surface area contributed by atoms with E-state index in [9.17, 15) is 18.0 Å². The summed E-state index contributed by atoms with van der Waals surface area (Å²) >= 11 is 3.21. The number of hydrogen-bond acceptors (Lipinski definition) is 6. The van der Waals surface area contributed by atoms with Crippen molar-refractivity contribution in [2.24, 2.45) is 16.6 Å². The average molecular weight is 501 g/mol. The van der Waals surface area contributed by atoms with Crippen LogP contribution in [0.1, 0.15) is 5.69 Å².